The van der Waals surface area contributed by atoms with Crippen LogP contribution >= 0.6 is 0 Å². The highest BCUT2D eigenvalue weighted by Crippen LogP contribution is 2.01. The van der Waals surface area contributed by atoms with E-state index in [1.165, 1.54) is 6.20 Å². The van der Waals surface area contributed by atoms with E-state index >= 15 is 0 Å². The lowest BCUT2D eigenvalue weighted by Gasteiger charge is -1.99. The molecule has 1 heterocycles. The first kappa shape index (κ1) is 7.02. The number of nitrogens with zero attached hydrogens (tertiary/aromatic N) is 1. The lowest BCUT2D eigenvalue weighted by Crippen LogP contribution is -2.02. The van der Waals surface area contributed by atoms with Crippen molar-refractivity contribution in [2.45, 2.75) is 0 Å². The van der Waals surface area contributed by atoms with Crippen LogP contribution in [0, 0.1) is 6.07 Å². The zero-order valence-corrected chi connectivity index (χ0v) is 5.45. The summed E-state index contributed by atoms with van der Waals surface area (Å²) in [4.78, 5) is 3.83. The molecule has 0 aromatic carbocycles. The van der Waals surface area contributed by atoms with Crippen molar-refractivity contribution in [1.82, 2.24) is 4.98 Å². The molecule has 1 aromatic heterocycles. The van der Waals surface area contributed by atoms with Crippen LogP contribution in [0.4, 0.5) is 0 Å². The molecule has 10 heavy (non-hydrogen) atoms. The molecule has 1 rings (SSSR count). The molecule has 0 fully saturated rings. The fraction of sp³-hybridized carbons (Fsp3) is 0.286. The third-order valence-electron chi connectivity index (χ3n) is 0.930. The van der Waals surface area contributed by atoms with Gasteiger partial charge in [0.1, 0.15) is 6.61 Å². The van der Waals surface area contributed by atoms with E-state index in [1.807, 2.05) is 0 Å². The lowest BCUT2D eigenvalue weighted by atomic mass is 10.5. The van der Waals surface area contributed by atoms with Gasteiger partial charge in [-0.3, -0.25) is 0 Å². The zero-order valence-electron chi connectivity index (χ0n) is 5.45. The van der Waals surface area contributed by atoms with Gasteiger partial charge in [-0.15, -0.1) is 0 Å². The largest absolute Gasteiger partial charge is 0.475 e. The standard InChI is InChI=1S/C7H8NO2/c9-5-6-10-7-3-1-2-4-8-7/h1,3-4,9H,5-6H2. The Bertz CT molecular complexity index is 176. The van der Waals surface area contributed by atoms with Gasteiger partial charge in [-0.2, -0.15) is 0 Å². The summed E-state index contributed by atoms with van der Waals surface area (Å²) in [5, 5.41) is 8.37. The minimum Gasteiger partial charge on any atom is -0.475 e. The third kappa shape index (κ3) is 2.03. The van der Waals surface area contributed by atoms with Crippen LogP contribution in [0.15, 0.2) is 18.3 Å². The zero-order chi connectivity index (χ0) is 7.23. The van der Waals surface area contributed by atoms with Gasteiger partial charge in [0.05, 0.1) is 6.61 Å². The van der Waals surface area contributed by atoms with E-state index in [4.69, 9.17) is 9.84 Å². The van der Waals surface area contributed by atoms with Gasteiger partial charge in [0.25, 0.3) is 0 Å². The van der Waals surface area contributed by atoms with Crippen LogP contribution < -0.4 is 4.74 Å². The Kier molecular flexibility index (Phi) is 2.70. The summed E-state index contributed by atoms with van der Waals surface area (Å²) in [6.07, 6.45) is 1.52. The highest BCUT2D eigenvalue weighted by molar-refractivity contribution is 5.07. The Morgan fingerprint density at radius 2 is 2.60 bits per heavy atom. The predicted molar refractivity (Wildman–Crippen MR) is 35.7 cm³/mol. The Balaban J connectivity index is 2.43. The van der Waals surface area contributed by atoms with E-state index in [9.17, 15) is 0 Å². The third-order valence-corrected chi connectivity index (χ3v) is 0.930. The number of aliphatic hydroxyl groups excluding tert-OH is 1. The molecular formula is C7H8NO2. The molecule has 53 valence electrons. The Labute approximate surface area is 59.3 Å². The van der Waals surface area contributed by atoms with E-state index < -0.39 is 0 Å². The topological polar surface area (TPSA) is 42.4 Å². The molecule has 1 N–H and O–H groups in total. The van der Waals surface area contributed by atoms with Crippen LogP contribution in [0.5, 0.6) is 5.88 Å². The van der Waals surface area contributed by atoms with Gasteiger partial charge in [-0.05, 0) is 6.07 Å². The second kappa shape index (κ2) is 3.85. The Hall–Kier alpha value is -1.09. The average Bonchev–Trinajstić information content (AvgIpc) is 2.03. The number of rotatable bonds is 3. The molecular weight excluding hydrogens is 130 g/mol. The SMILES string of the molecule is OCCOc1cc[c]cn1. The molecule has 0 aliphatic heterocycles. The molecule has 0 unspecified atom stereocenters. The maximum absolute atomic E-state index is 8.37. The summed E-state index contributed by atoms with van der Waals surface area (Å²) in [5.74, 6) is 0.521. The van der Waals surface area contributed by atoms with Crippen molar-refractivity contribution in [3.63, 3.8) is 0 Å². The van der Waals surface area contributed by atoms with Crippen molar-refractivity contribution in [3.05, 3.63) is 24.4 Å². The molecule has 0 amide bonds. The van der Waals surface area contributed by atoms with Crippen LogP contribution in [0.25, 0.3) is 0 Å². The highest BCUT2D eigenvalue weighted by Gasteiger charge is 1.88. The molecule has 0 aliphatic rings. The molecule has 3 nitrogen and oxygen atoms in total. The van der Waals surface area contributed by atoms with Crippen molar-refractivity contribution < 1.29 is 9.84 Å². The average molecular weight is 138 g/mol. The maximum atomic E-state index is 8.37. The summed E-state index contributed by atoms with van der Waals surface area (Å²) >= 11 is 0. The van der Waals surface area contributed by atoms with Crippen molar-refractivity contribution in [2.24, 2.45) is 0 Å². The fourth-order valence-electron chi connectivity index (χ4n) is 0.542. The number of pyridine rings is 1. The first-order valence-electron chi connectivity index (χ1n) is 2.99. The Morgan fingerprint density at radius 3 is 3.20 bits per heavy atom. The van der Waals surface area contributed by atoms with E-state index in [2.05, 4.69) is 11.1 Å². The van der Waals surface area contributed by atoms with Crippen LogP contribution in [0.1, 0.15) is 0 Å². The molecule has 0 aliphatic carbocycles. The van der Waals surface area contributed by atoms with Gasteiger partial charge in [0, 0.05) is 18.3 Å². The van der Waals surface area contributed by atoms with Crippen molar-refractivity contribution in [2.75, 3.05) is 13.2 Å². The molecule has 0 atom stereocenters. The van der Waals surface area contributed by atoms with Crippen LogP contribution in [0.2, 0.25) is 0 Å². The number of aromatic nitrogens is 1. The summed E-state index contributed by atoms with van der Waals surface area (Å²) in [5.41, 5.74) is 0. The molecule has 0 saturated heterocycles. The fourth-order valence-corrected chi connectivity index (χ4v) is 0.542. The number of hydrogen-bond donors (Lipinski definition) is 1. The van der Waals surface area contributed by atoms with E-state index in [0.29, 0.717) is 5.88 Å². The first-order valence-corrected chi connectivity index (χ1v) is 2.99. The minimum atomic E-state index is 0.0142. The van der Waals surface area contributed by atoms with Crippen molar-refractivity contribution in [1.29, 1.82) is 0 Å². The van der Waals surface area contributed by atoms with E-state index in [0.717, 1.165) is 0 Å². The molecule has 0 bridgehead atoms. The second-order valence-electron chi connectivity index (χ2n) is 1.67. The Morgan fingerprint density at radius 1 is 1.70 bits per heavy atom. The molecule has 0 spiro atoms. The highest BCUT2D eigenvalue weighted by atomic mass is 16.5. The monoisotopic (exact) mass is 138 g/mol. The van der Waals surface area contributed by atoms with Gasteiger partial charge in [-0.1, -0.05) is 0 Å². The normalized spacial score (nSPS) is 9.30. The van der Waals surface area contributed by atoms with Crippen LogP contribution in [0.3, 0.4) is 0 Å². The minimum absolute atomic E-state index is 0.0142. The summed E-state index contributed by atoms with van der Waals surface area (Å²) < 4.78 is 4.97. The lowest BCUT2D eigenvalue weighted by molar-refractivity contribution is 0.196. The smallest absolute Gasteiger partial charge is 0.213 e. The maximum Gasteiger partial charge on any atom is 0.213 e. The van der Waals surface area contributed by atoms with Gasteiger partial charge in [0.15, 0.2) is 0 Å². The quantitative estimate of drug-likeness (QED) is 0.651. The van der Waals surface area contributed by atoms with Gasteiger partial charge < -0.3 is 9.84 Å². The second-order valence-corrected chi connectivity index (χ2v) is 1.67. The van der Waals surface area contributed by atoms with Crippen molar-refractivity contribution in [3.8, 4) is 5.88 Å². The number of aliphatic hydroxyl groups is 1. The predicted octanol–water partition coefficient (Wildman–Crippen LogP) is 0.253. The van der Waals surface area contributed by atoms with Gasteiger partial charge >= 0.3 is 0 Å². The molecule has 3 heteroatoms. The van der Waals surface area contributed by atoms with Gasteiger partial charge in [0.2, 0.25) is 5.88 Å². The van der Waals surface area contributed by atoms with Crippen LogP contribution in [-0.2, 0) is 0 Å². The van der Waals surface area contributed by atoms with Crippen molar-refractivity contribution >= 4 is 0 Å². The number of hydrogen-bond acceptors (Lipinski definition) is 3. The van der Waals surface area contributed by atoms with E-state index in [1.54, 1.807) is 12.1 Å². The first-order chi connectivity index (χ1) is 4.93. The van der Waals surface area contributed by atoms with E-state index in [-0.39, 0.29) is 13.2 Å². The van der Waals surface area contributed by atoms with Crippen LogP contribution in [-0.4, -0.2) is 23.3 Å². The molecule has 0 saturated carbocycles. The molecule has 1 radical (unpaired) electrons. The van der Waals surface area contributed by atoms with Gasteiger partial charge in [-0.25, -0.2) is 4.98 Å². The summed E-state index contributed by atoms with van der Waals surface area (Å²) in [6, 6.07) is 6.15. The summed E-state index contributed by atoms with van der Waals surface area (Å²) in [6.45, 7) is 0.303. The molecule has 1 aromatic rings. The summed E-state index contributed by atoms with van der Waals surface area (Å²) in [7, 11) is 0. The number of ether oxygens (including phenoxy) is 1.